The van der Waals surface area contributed by atoms with Crippen LogP contribution in [0.2, 0.25) is 0 Å². The number of aliphatic hydroxyl groups is 1. The Morgan fingerprint density at radius 3 is 2.66 bits per heavy atom. The third-order valence-electron chi connectivity index (χ3n) is 5.88. The highest BCUT2D eigenvalue weighted by atomic mass is 16.5. The van der Waals surface area contributed by atoms with Crippen LogP contribution in [0, 0.1) is 0 Å². The Morgan fingerprint density at radius 1 is 1.06 bits per heavy atom. The van der Waals surface area contributed by atoms with Crippen LogP contribution in [-0.4, -0.2) is 57.3 Å². The molecule has 5 rings (SSSR count). The van der Waals surface area contributed by atoms with Crippen LogP contribution < -0.4 is 0 Å². The number of ketones is 1. The third kappa shape index (κ3) is 3.93. The molecular weight excluding hydrogens is 404 g/mol. The minimum absolute atomic E-state index is 0.0186. The fourth-order valence-corrected chi connectivity index (χ4v) is 4.08. The van der Waals surface area contributed by atoms with Gasteiger partial charge in [0, 0.05) is 41.4 Å². The third-order valence-corrected chi connectivity index (χ3v) is 5.88. The van der Waals surface area contributed by atoms with Crippen LogP contribution in [-0.2, 0) is 4.74 Å². The molecule has 1 unspecified atom stereocenters. The number of hydrogen-bond acceptors (Lipinski definition) is 6. The first-order chi connectivity index (χ1) is 15.6. The number of fused-ring (bicyclic) bond motifs is 1. The molecule has 0 bridgehead atoms. The summed E-state index contributed by atoms with van der Waals surface area (Å²) >= 11 is 0. The van der Waals surface area contributed by atoms with Gasteiger partial charge < -0.3 is 9.84 Å². The first kappa shape index (κ1) is 20.5. The number of ether oxygens (including phenoxy) is 1. The Hall–Kier alpha value is -3.39. The van der Waals surface area contributed by atoms with Gasteiger partial charge in [0.05, 0.1) is 18.9 Å². The lowest BCUT2D eigenvalue weighted by Gasteiger charge is -2.31. The maximum atomic E-state index is 11.8. The smallest absolute Gasteiger partial charge is 0.181 e. The van der Waals surface area contributed by atoms with Crippen molar-refractivity contribution in [1.29, 1.82) is 0 Å². The molecule has 1 fully saturated rings. The molecule has 2 aromatic carbocycles. The molecule has 0 saturated carbocycles. The van der Waals surface area contributed by atoms with Crippen molar-refractivity contribution in [2.45, 2.75) is 13.2 Å². The first-order valence-corrected chi connectivity index (χ1v) is 10.7. The Labute approximate surface area is 185 Å². The molecule has 1 aliphatic heterocycles. The van der Waals surface area contributed by atoms with E-state index in [1.54, 1.807) is 19.2 Å². The van der Waals surface area contributed by atoms with Gasteiger partial charge in [0.2, 0.25) is 0 Å². The SMILES string of the molecule is CC(=O)c1cccc(-c2[nH]nc3ncc(-c4cccc(C(O)N5CCOCC5)c4)cc23)c1. The number of H-pyrrole nitrogens is 1. The predicted octanol–water partition coefficient (Wildman–Crippen LogP) is 3.82. The van der Waals surface area contributed by atoms with Crippen LogP contribution in [0.1, 0.15) is 29.1 Å². The zero-order chi connectivity index (χ0) is 22.1. The van der Waals surface area contributed by atoms with Gasteiger partial charge >= 0.3 is 0 Å². The lowest BCUT2D eigenvalue weighted by Crippen LogP contribution is -2.39. The number of pyridine rings is 1. The summed E-state index contributed by atoms with van der Waals surface area (Å²) in [5.41, 5.74) is 5.71. The maximum Gasteiger partial charge on any atom is 0.181 e. The quantitative estimate of drug-likeness (QED) is 0.470. The molecule has 0 amide bonds. The number of morpholine rings is 1. The number of nitrogens with zero attached hydrogens (tertiary/aromatic N) is 3. The lowest BCUT2D eigenvalue weighted by molar-refractivity contribution is -0.0603. The van der Waals surface area contributed by atoms with Gasteiger partial charge in [-0.3, -0.25) is 14.8 Å². The molecule has 3 heterocycles. The Morgan fingerprint density at radius 2 is 1.84 bits per heavy atom. The number of Topliss-reactive ketones (excluding diaryl/α,β-unsaturated/α-hetero) is 1. The highest BCUT2D eigenvalue weighted by molar-refractivity contribution is 5.98. The molecule has 2 N–H and O–H groups in total. The monoisotopic (exact) mass is 428 g/mol. The molecule has 7 heteroatoms. The second-order valence-electron chi connectivity index (χ2n) is 7.98. The summed E-state index contributed by atoms with van der Waals surface area (Å²) in [7, 11) is 0. The number of rotatable bonds is 5. The molecule has 0 radical (unpaired) electrons. The molecule has 2 aromatic heterocycles. The van der Waals surface area contributed by atoms with Crippen molar-refractivity contribution in [3.05, 3.63) is 71.9 Å². The summed E-state index contributed by atoms with van der Waals surface area (Å²) < 4.78 is 5.39. The van der Waals surface area contributed by atoms with E-state index in [0.29, 0.717) is 37.5 Å². The van der Waals surface area contributed by atoms with E-state index >= 15 is 0 Å². The van der Waals surface area contributed by atoms with Gasteiger partial charge in [-0.05, 0) is 36.2 Å². The van der Waals surface area contributed by atoms with Crippen LogP contribution in [0.15, 0.2) is 60.8 Å². The minimum atomic E-state index is -0.672. The van der Waals surface area contributed by atoms with Gasteiger partial charge in [0.15, 0.2) is 11.4 Å². The summed E-state index contributed by atoms with van der Waals surface area (Å²) in [6.07, 6.45) is 1.12. The molecule has 0 spiro atoms. The topological polar surface area (TPSA) is 91.3 Å². The van der Waals surface area contributed by atoms with Crippen molar-refractivity contribution in [1.82, 2.24) is 20.1 Å². The predicted molar refractivity (Wildman–Crippen MR) is 122 cm³/mol. The molecule has 1 saturated heterocycles. The second-order valence-corrected chi connectivity index (χ2v) is 7.98. The molecule has 1 atom stereocenters. The Kier molecular flexibility index (Phi) is 5.53. The van der Waals surface area contributed by atoms with Crippen LogP contribution in [0.3, 0.4) is 0 Å². The molecule has 1 aliphatic rings. The van der Waals surface area contributed by atoms with Crippen molar-refractivity contribution in [3.63, 3.8) is 0 Å². The Bertz CT molecular complexity index is 1280. The van der Waals surface area contributed by atoms with Gasteiger partial charge in [-0.15, -0.1) is 0 Å². The fourth-order valence-electron chi connectivity index (χ4n) is 4.08. The van der Waals surface area contributed by atoms with Gasteiger partial charge in [-0.1, -0.05) is 36.4 Å². The molecule has 32 heavy (non-hydrogen) atoms. The highest BCUT2D eigenvalue weighted by Gasteiger charge is 2.20. The zero-order valence-electron chi connectivity index (χ0n) is 17.8. The standard InChI is InChI=1S/C25H24N4O3/c1-16(30)17-4-2-6-19(12-17)23-22-14-21(15-26-24(22)28-27-23)18-5-3-7-20(13-18)25(31)29-8-10-32-11-9-29/h2-7,12-15,25,31H,8-11H2,1H3,(H,26,27,28). The van der Waals surface area contributed by atoms with Crippen molar-refractivity contribution in [2.24, 2.45) is 0 Å². The summed E-state index contributed by atoms with van der Waals surface area (Å²) in [6, 6.07) is 17.4. The van der Waals surface area contributed by atoms with Gasteiger partial charge in [0.1, 0.15) is 6.23 Å². The Balaban J connectivity index is 1.51. The van der Waals surface area contributed by atoms with Crippen LogP contribution >= 0.6 is 0 Å². The zero-order valence-corrected chi connectivity index (χ0v) is 17.8. The average molecular weight is 428 g/mol. The fraction of sp³-hybridized carbons (Fsp3) is 0.240. The van der Waals surface area contributed by atoms with Gasteiger partial charge in [0.25, 0.3) is 0 Å². The largest absolute Gasteiger partial charge is 0.379 e. The maximum absolute atomic E-state index is 11.8. The molecule has 7 nitrogen and oxygen atoms in total. The molecule has 0 aliphatic carbocycles. The number of hydrogen-bond donors (Lipinski definition) is 2. The molecular formula is C25H24N4O3. The number of aromatic nitrogens is 3. The summed E-state index contributed by atoms with van der Waals surface area (Å²) in [5, 5.41) is 19.1. The van der Waals surface area contributed by atoms with E-state index in [4.69, 9.17) is 4.74 Å². The van der Waals surface area contributed by atoms with Crippen molar-refractivity contribution in [2.75, 3.05) is 26.3 Å². The molecule has 162 valence electrons. The summed E-state index contributed by atoms with van der Waals surface area (Å²) in [5.74, 6) is 0.0186. The lowest BCUT2D eigenvalue weighted by atomic mass is 10.0. The van der Waals surface area contributed by atoms with Crippen LogP contribution in [0.4, 0.5) is 0 Å². The number of carbonyl (C=O) groups excluding carboxylic acids is 1. The minimum Gasteiger partial charge on any atom is -0.379 e. The van der Waals surface area contributed by atoms with Crippen LogP contribution in [0.5, 0.6) is 0 Å². The number of benzene rings is 2. The van der Waals surface area contributed by atoms with Gasteiger partial charge in [-0.25, -0.2) is 4.98 Å². The summed E-state index contributed by atoms with van der Waals surface area (Å²) in [4.78, 5) is 18.3. The first-order valence-electron chi connectivity index (χ1n) is 10.7. The van der Waals surface area contributed by atoms with E-state index in [1.165, 1.54) is 0 Å². The van der Waals surface area contributed by atoms with E-state index in [2.05, 4.69) is 15.2 Å². The van der Waals surface area contributed by atoms with E-state index in [0.717, 1.165) is 33.3 Å². The van der Waals surface area contributed by atoms with E-state index in [-0.39, 0.29) is 5.78 Å². The molecule has 4 aromatic rings. The number of nitrogens with one attached hydrogen (secondary N) is 1. The number of carbonyl (C=O) groups is 1. The highest BCUT2D eigenvalue weighted by Crippen LogP contribution is 2.31. The second kappa shape index (κ2) is 8.63. The summed E-state index contributed by atoms with van der Waals surface area (Å²) in [6.45, 7) is 4.23. The van der Waals surface area contributed by atoms with Crippen molar-refractivity contribution in [3.8, 4) is 22.4 Å². The van der Waals surface area contributed by atoms with E-state index in [9.17, 15) is 9.90 Å². The average Bonchev–Trinajstić information content (AvgIpc) is 3.27. The normalized spacial score (nSPS) is 15.7. The van der Waals surface area contributed by atoms with E-state index in [1.807, 2.05) is 53.4 Å². The van der Waals surface area contributed by atoms with Crippen molar-refractivity contribution < 1.29 is 14.6 Å². The van der Waals surface area contributed by atoms with E-state index < -0.39 is 6.23 Å². The van der Waals surface area contributed by atoms with Gasteiger partial charge in [-0.2, -0.15) is 5.10 Å². The number of aliphatic hydroxyl groups excluding tert-OH is 1. The van der Waals surface area contributed by atoms with Crippen molar-refractivity contribution >= 4 is 16.8 Å². The van der Waals surface area contributed by atoms with Crippen LogP contribution in [0.25, 0.3) is 33.4 Å². The number of aromatic amines is 1.